The summed E-state index contributed by atoms with van der Waals surface area (Å²) in [5.74, 6) is -1.67. The van der Waals surface area contributed by atoms with E-state index in [1.165, 1.54) is 42.5 Å². The average molecular weight is 507 g/mol. The highest BCUT2D eigenvalue weighted by Gasteiger charge is 2.20. The Bertz CT molecular complexity index is 1300. The molecule has 3 aromatic rings. The van der Waals surface area contributed by atoms with E-state index in [2.05, 4.69) is 10.0 Å². The number of carbonyl (C=O) groups is 2. The van der Waals surface area contributed by atoms with Crippen molar-refractivity contribution in [1.29, 1.82) is 0 Å². The van der Waals surface area contributed by atoms with E-state index in [9.17, 15) is 22.4 Å². The number of ether oxygens (including phenoxy) is 2. The molecule has 0 aromatic heterocycles. The second kappa shape index (κ2) is 11.0. The Labute approximate surface area is 200 Å². The summed E-state index contributed by atoms with van der Waals surface area (Å²) < 4.78 is 51.4. The zero-order valence-corrected chi connectivity index (χ0v) is 19.5. The van der Waals surface area contributed by atoms with Gasteiger partial charge in [0.1, 0.15) is 11.6 Å². The maximum absolute atomic E-state index is 13.2. The van der Waals surface area contributed by atoms with E-state index >= 15 is 0 Å². The van der Waals surface area contributed by atoms with Crippen LogP contribution in [0.2, 0.25) is 5.02 Å². The molecule has 34 heavy (non-hydrogen) atoms. The van der Waals surface area contributed by atoms with Gasteiger partial charge >= 0.3 is 5.97 Å². The molecule has 11 heteroatoms. The Morgan fingerprint density at radius 3 is 2.41 bits per heavy atom. The number of halogens is 2. The van der Waals surface area contributed by atoms with E-state index in [0.29, 0.717) is 12.4 Å². The van der Waals surface area contributed by atoms with Crippen molar-refractivity contribution < 1.29 is 31.9 Å². The van der Waals surface area contributed by atoms with Crippen LogP contribution in [0.15, 0.2) is 71.6 Å². The Balaban J connectivity index is 1.68. The SMILES string of the molecule is CCOc1ccc(NS(=O)(=O)c2ccc(Cl)c(C(=O)OCC(=O)Nc3cccc(F)c3)c2)cc1. The number of carbonyl (C=O) groups excluding carboxylic acids is 2. The molecule has 0 bridgehead atoms. The first-order chi connectivity index (χ1) is 16.2. The van der Waals surface area contributed by atoms with Crippen molar-refractivity contribution in [1.82, 2.24) is 0 Å². The van der Waals surface area contributed by atoms with Crippen molar-refractivity contribution in [3.63, 3.8) is 0 Å². The molecule has 0 fully saturated rings. The highest BCUT2D eigenvalue weighted by atomic mass is 35.5. The molecule has 0 saturated heterocycles. The summed E-state index contributed by atoms with van der Waals surface area (Å²) in [6.45, 7) is 1.62. The highest BCUT2D eigenvalue weighted by Crippen LogP contribution is 2.24. The Kier molecular flexibility index (Phi) is 8.08. The van der Waals surface area contributed by atoms with Crippen molar-refractivity contribution in [2.24, 2.45) is 0 Å². The lowest BCUT2D eigenvalue weighted by Crippen LogP contribution is -2.21. The minimum absolute atomic E-state index is 0.0597. The summed E-state index contributed by atoms with van der Waals surface area (Å²) >= 11 is 6.04. The number of hydrogen-bond acceptors (Lipinski definition) is 6. The van der Waals surface area contributed by atoms with E-state index in [1.54, 1.807) is 12.1 Å². The van der Waals surface area contributed by atoms with E-state index in [0.717, 1.165) is 12.1 Å². The van der Waals surface area contributed by atoms with E-state index in [-0.39, 0.29) is 26.9 Å². The largest absolute Gasteiger partial charge is 0.494 e. The van der Waals surface area contributed by atoms with Crippen LogP contribution in [0.5, 0.6) is 5.75 Å². The van der Waals surface area contributed by atoms with Crippen molar-refractivity contribution in [2.45, 2.75) is 11.8 Å². The van der Waals surface area contributed by atoms with Crippen LogP contribution in [0.3, 0.4) is 0 Å². The molecule has 0 aliphatic carbocycles. The van der Waals surface area contributed by atoms with Gasteiger partial charge in [0.25, 0.3) is 15.9 Å². The van der Waals surface area contributed by atoms with Crippen LogP contribution in [-0.2, 0) is 19.6 Å². The monoisotopic (exact) mass is 506 g/mol. The van der Waals surface area contributed by atoms with Crippen LogP contribution in [-0.4, -0.2) is 33.5 Å². The number of esters is 1. The lowest BCUT2D eigenvalue weighted by molar-refractivity contribution is -0.119. The van der Waals surface area contributed by atoms with Gasteiger partial charge in [-0.15, -0.1) is 0 Å². The van der Waals surface area contributed by atoms with Crippen LogP contribution in [0.25, 0.3) is 0 Å². The van der Waals surface area contributed by atoms with Gasteiger partial charge in [-0.25, -0.2) is 17.6 Å². The second-order valence-corrected chi connectivity index (χ2v) is 8.93. The quantitative estimate of drug-likeness (QED) is 0.414. The predicted octanol–water partition coefficient (Wildman–Crippen LogP) is 4.47. The molecule has 0 atom stereocenters. The van der Waals surface area contributed by atoms with Gasteiger partial charge in [-0.2, -0.15) is 0 Å². The molecule has 0 aliphatic rings. The first kappa shape index (κ1) is 25.0. The molecule has 2 N–H and O–H groups in total. The van der Waals surface area contributed by atoms with Crippen molar-refractivity contribution in [3.05, 3.63) is 83.1 Å². The van der Waals surface area contributed by atoms with Gasteiger partial charge in [-0.3, -0.25) is 9.52 Å². The molecule has 0 heterocycles. The molecule has 3 rings (SSSR count). The normalized spacial score (nSPS) is 10.9. The number of rotatable bonds is 9. The highest BCUT2D eigenvalue weighted by molar-refractivity contribution is 7.92. The van der Waals surface area contributed by atoms with Crippen molar-refractivity contribution in [3.8, 4) is 5.75 Å². The van der Waals surface area contributed by atoms with Crippen LogP contribution >= 0.6 is 11.6 Å². The Morgan fingerprint density at radius 2 is 1.74 bits per heavy atom. The molecule has 0 aliphatic heterocycles. The molecule has 0 saturated carbocycles. The van der Waals surface area contributed by atoms with Crippen LogP contribution < -0.4 is 14.8 Å². The summed E-state index contributed by atoms with van der Waals surface area (Å²) in [6.07, 6.45) is 0. The van der Waals surface area contributed by atoms with Gasteiger partial charge < -0.3 is 14.8 Å². The summed E-state index contributed by atoms with van der Waals surface area (Å²) in [5.41, 5.74) is 0.235. The number of nitrogens with one attached hydrogen (secondary N) is 2. The number of sulfonamides is 1. The van der Waals surface area contributed by atoms with Gasteiger partial charge in [-0.1, -0.05) is 17.7 Å². The molecule has 0 unspecified atom stereocenters. The molecule has 0 radical (unpaired) electrons. The summed E-state index contributed by atoms with van der Waals surface area (Å²) in [5, 5.41) is 2.32. The third-order valence-electron chi connectivity index (χ3n) is 4.33. The van der Waals surface area contributed by atoms with Crippen molar-refractivity contribution in [2.75, 3.05) is 23.3 Å². The van der Waals surface area contributed by atoms with Gasteiger partial charge in [0, 0.05) is 11.4 Å². The standard InChI is InChI=1S/C23H20ClFN2O6S/c1-2-32-18-8-6-16(7-9-18)27-34(30,31)19-10-11-21(24)20(13-19)23(29)33-14-22(28)26-17-5-3-4-15(25)12-17/h3-13,27H,2,14H2,1H3,(H,26,28). The predicted molar refractivity (Wildman–Crippen MR) is 125 cm³/mol. The zero-order chi connectivity index (χ0) is 24.7. The third kappa shape index (κ3) is 6.69. The zero-order valence-electron chi connectivity index (χ0n) is 17.9. The number of benzene rings is 3. The molecular weight excluding hydrogens is 487 g/mol. The summed E-state index contributed by atoms with van der Waals surface area (Å²) in [7, 11) is -4.06. The topological polar surface area (TPSA) is 111 Å². The first-order valence-electron chi connectivity index (χ1n) is 9.95. The maximum Gasteiger partial charge on any atom is 0.340 e. The lowest BCUT2D eigenvalue weighted by atomic mass is 10.2. The smallest absolute Gasteiger partial charge is 0.340 e. The van der Waals surface area contributed by atoms with E-state index in [1.807, 2.05) is 6.92 Å². The minimum Gasteiger partial charge on any atom is -0.494 e. The lowest BCUT2D eigenvalue weighted by Gasteiger charge is -2.11. The minimum atomic E-state index is -4.06. The third-order valence-corrected chi connectivity index (χ3v) is 6.04. The van der Waals surface area contributed by atoms with Gasteiger partial charge in [0.05, 0.1) is 22.1 Å². The Morgan fingerprint density at radius 1 is 1.00 bits per heavy atom. The molecule has 0 spiro atoms. The molecule has 178 valence electrons. The van der Waals surface area contributed by atoms with Gasteiger partial charge in [-0.05, 0) is 67.6 Å². The average Bonchev–Trinajstić information content (AvgIpc) is 2.79. The number of hydrogen-bond donors (Lipinski definition) is 2. The molecule has 8 nitrogen and oxygen atoms in total. The summed E-state index contributed by atoms with van der Waals surface area (Å²) in [4.78, 5) is 24.2. The van der Waals surface area contributed by atoms with Crippen molar-refractivity contribution >= 4 is 44.9 Å². The second-order valence-electron chi connectivity index (χ2n) is 6.84. The van der Waals surface area contributed by atoms with E-state index in [4.69, 9.17) is 21.1 Å². The fraction of sp³-hybridized carbons (Fsp3) is 0.130. The maximum atomic E-state index is 13.2. The fourth-order valence-corrected chi connectivity index (χ4v) is 4.08. The van der Waals surface area contributed by atoms with Gasteiger partial charge in [0.2, 0.25) is 0 Å². The molecular formula is C23H20ClFN2O6S. The van der Waals surface area contributed by atoms with E-state index < -0.39 is 34.3 Å². The molecule has 3 aromatic carbocycles. The molecule has 1 amide bonds. The number of amides is 1. The first-order valence-corrected chi connectivity index (χ1v) is 11.8. The number of anilines is 2. The van der Waals surface area contributed by atoms with Crippen LogP contribution in [0, 0.1) is 5.82 Å². The van der Waals surface area contributed by atoms with Crippen LogP contribution in [0.4, 0.5) is 15.8 Å². The summed E-state index contributed by atoms with van der Waals surface area (Å²) in [6, 6.07) is 15.0. The van der Waals surface area contributed by atoms with Crippen LogP contribution in [0.1, 0.15) is 17.3 Å². The fourth-order valence-electron chi connectivity index (χ4n) is 2.80. The Hall–Kier alpha value is -3.63. The van der Waals surface area contributed by atoms with Gasteiger partial charge in [0.15, 0.2) is 6.61 Å².